The molecule has 0 aliphatic carbocycles. The van der Waals surface area contributed by atoms with Gasteiger partial charge in [-0.05, 0) is 19.1 Å². The first-order valence-corrected chi connectivity index (χ1v) is 7.90. The molecule has 3 aromatic heterocycles. The Balaban J connectivity index is 1.69. The number of furan rings is 1. The molecule has 4 rings (SSSR count). The van der Waals surface area contributed by atoms with Crippen molar-refractivity contribution in [3.63, 3.8) is 0 Å². The molecule has 0 bridgehead atoms. The van der Waals surface area contributed by atoms with Gasteiger partial charge in [0.25, 0.3) is 5.56 Å². The molecule has 132 valence electrons. The number of benzene rings is 1. The summed E-state index contributed by atoms with van der Waals surface area (Å²) in [6, 6.07) is 6.33. The third kappa shape index (κ3) is 2.71. The van der Waals surface area contributed by atoms with Crippen molar-refractivity contribution in [3.05, 3.63) is 73.5 Å². The van der Waals surface area contributed by atoms with Crippen LogP contribution in [-0.2, 0) is 6.54 Å². The minimum Gasteiger partial charge on any atom is -0.490 e. The van der Waals surface area contributed by atoms with E-state index < -0.39 is 16.9 Å². The number of nitrogens with one attached hydrogen (secondary N) is 1. The average Bonchev–Trinajstić information content (AvgIpc) is 3.06. The van der Waals surface area contributed by atoms with Crippen molar-refractivity contribution in [2.24, 2.45) is 0 Å². The third-order valence-corrected chi connectivity index (χ3v) is 4.08. The van der Waals surface area contributed by atoms with Crippen LogP contribution in [0.1, 0.15) is 5.56 Å². The molecule has 26 heavy (non-hydrogen) atoms. The summed E-state index contributed by atoms with van der Waals surface area (Å²) < 4.78 is 17.8. The molecule has 0 radical (unpaired) electrons. The number of aryl methyl sites for hydroxylation is 1. The minimum atomic E-state index is -0.499. The monoisotopic (exact) mass is 354 g/mol. The van der Waals surface area contributed by atoms with Gasteiger partial charge in [-0.3, -0.25) is 14.3 Å². The lowest BCUT2D eigenvalue weighted by molar-refractivity contribution is 0.301. The van der Waals surface area contributed by atoms with Crippen LogP contribution in [0.25, 0.3) is 21.9 Å². The summed E-state index contributed by atoms with van der Waals surface area (Å²) in [5.41, 5.74) is -0.0535. The second kappa shape index (κ2) is 6.07. The summed E-state index contributed by atoms with van der Waals surface area (Å²) in [6.07, 6.45) is 3.00. The molecule has 0 aliphatic heterocycles. The maximum absolute atomic E-state index is 11.8. The van der Waals surface area contributed by atoms with Gasteiger partial charge in [0.15, 0.2) is 0 Å². The van der Waals surface area contributed by atoms with Gasteiger partial charge < -0.3 is 13.6 Å². The van der Waals surface area contributed by atoms with E-state index in [0.29, 0.717) is 27.9 Å². The molecule has 0 amide bonds. The van der Waals surface area contributed by atoms with Crippen LogP contribution < -0.4 is 21.6 Å². The molecule has 8 heteroatoms. The zero-order valence-corrected chi connectivity index (χ0v) is 13.8. The Kier molecular flexibility index (Phi) is 3.72. The highest BCUT2D eigenvalue weighted by Gasteiger charge is 2.13. The van der Waals surface area contributed by atoms with E-state index in [0.717, 1.165) is 5.39 Å². The Morgan fingerprint density at radius 2 is 1.92 bits per heavy atom. The van der Waals surface area contributed by atoms with Crippen LogP contribution in [-0.4, -0.2) is 16.2 Å². The van der Waals surface area contributed by atoms with Crippen molar-refractivity contribution >= 4 is 21.9 Å². The second-order valence-corrected chi connectivity index (χ2v) is 5.82. The summed E-state index contributed by atoms with van der Waals surface area (Å²) in [5.74, 6) is 0.504. The van der Waals surface area contributed by atoms with Crippen molar-refractivity contribution < 1.29 is 13.6 Å². The van der Waals surface area contributed by atoms with E-state index in [2.05, 4.69) is 4.98 Å². The number of fused-ring (bicyclic) bond motifs is 2. The molecule has 0 unspecified atom stereocenters. The molecule has 3 heterocycles. The summed E-state index contributed by atoms with van der Waals surface area (Å²) in [6.45, 7) is 2.03. The molecule has 0 spiro atoms. The third-order valence-electron chi connectivity index (χ3n) is 4.08. The first-order chi connectivity index (χ1) is 12.5. The van der Waals surface area contributed by atoms with Crippen LogP contribution in [0.2, 0.25) is 0 Å². The maximum Gasteiger partial charge on any atom is 0.336 e. The predicted octanol–water partition coefficient (Wildman–Crippen LogP) is 1.78. The van der Waals surface area contributed by atoms with E-state index >= 15 is 0 Å². The predicted molar refractivity (Wildman–Crippen MR) is 93.8 cm³/mol. The zero-order valence-electron chi connectivity index (χ0n) is 13.8. The highest BCUT2D eigenvalue weighted by Crippen LogP contribution is 2.34. The topological polar surface area (TPSA) is 107 Å². The summed E-state index contributed by atoms with van der Waals surface area (Å²) in [5, 5.41) is 1.36. The van der Waals surface area contributed by atoms with Crippen LogP contribution in [0.15, 0.2) is 59.9 Å². The lowest BCUT2D eigenvalue weighted by Crippen LogP contribution is -2.32. The summed E-state index contributed by atoms with van der Waals surface area (Å²) >= 11 is 0. The van der Waals surface area contributed by atoms with Crippen LogP contribution in [0, 0.1) is 6.92 Å². The number of hydrogen-bond donors (Lipinski definition) is 1. The number of rotatable bonds is 4. The number of aromatic nitrogens is 2. The fourth-order valence-electron chi connectivity index (χ4n) is 2.80. The Hall–Kier alpha value is -3.55. The molecule has 0 aliphatic rings. The SMILES string of the molecule is Cc1cn(CCOc2c3ccoc3cc3oc(=O)ccc23)c(=O)[nH]c1=O. The standard InChI is InChI=1S/C18H14N2O6/c1-10-9-20(18(23)19-17(10)22)5-7-25-16-11-2-3-15(21)26-14(11)8-13-12(16)4-6-24-13/h2-4,6,8-9H,5,7H2,1H3,(H,19,22,23). The van der Waals surface area contributed by atoms with Crippen molar-refractivity contribution in [2.45, 2.75) is 13.5 Å². The molecule has 8 nitrogen and oxygen atoms in total. The Bertz CT molecular complexity index is 1290. The van der Waals surface area contributed by atoms with Gasteiger partial charge in [0, 0.05) is 23.9 Å². The normalized spacial score (nSPS) is 11.3. The second-order valence-electron chi connectivity index (χ2n) is 5.82. The van der Waals surface area contributed by atoms with Crippen LogP contribution in [0.5, 0.6) is 5.75 Å². The van der Waals surface area contributed by atoms with E-state index in [1.807, 2.05) is 0 Å². The quantitative estimate of drug-likeness (QED) is 0.560. The lowest BCUT2D eigenvalue weighted by Gasteiger charge is -2.11. The molecular weight excluding hydrogens is 340 g/mol. The Morgan fingerprint density at radius 1 is 1.12 bits per heavy atom. The van der Waals surface area contributed by atoms with Crippen LogP contribution in [0.4, 0.5) is 0 Å². The van der Waals surface area contributed by atoms with E-state index in [9.17, 15) is 14.4 Å². The van der Waals surface area contributed by atoms with E-state index in [4.69, 9.17) is 13.6 Å². The number of ether oxygens (including phenoxy) is 1. The summed E-state index contributed by atoms with van der Waals surface area (Å²) in [4.78, 5) is 37.0. The molecular formula is C18H14N2O6. The van der Waals surface area contributed by atoms with Gasteiger partial charge in [-0.15, -0.1) is 0 Å². The minimum absolute atomic E-state index is 0.171. The number of aromatic amines is 1. The van der Waals surface area contributed by atoms with Crippen molar-refractivity contribution in [2.75, 3.05) is 6.61 Å². The number of hydrogen-bond acceptors (Lipinski definition) is 6. The molecule has 1 N–H and O–H groups in total. The molecule has 0 saturated carbocycles. The largest absolute Gasteiger partial charge is 0.490 e. The number of nitrogens with zero attached hydrogens (tertiary/aromatic N) is 1. The van der Waals surface area contributed by atoms with E-state index in [1.54, 1.807) is 25.1 Å². The van der Waals surface area contributed by atoms with Gasteiger partial charge in [0.05, 0.1) is 23.6 Å². The molecule has 4 aromatic rings. The van der Waals surface area contributed by atoms with Gasteiger partial charge in [-0.2, -0.15) is 0 Å². The van der Waals surface area contributed by atoms with Crippen molar-refractivity contribution in [1.82, 2.24) is 9.55 Å². The average molecular weight is 354 g/mol. The van der Waals surface area contributed by atoms with Gasteiger partial charge in [0.2, 0.25) is 0 Å². The molecule has 0 saturated heterocycles. The lowest BCUT2D eigenvalue weighted by atomic mass is 10.1. The maximum atomic E-state index is 11.8. The number of H-pyrrole nitrogens is 1. The van der Waals surface area contributed by atoms with Gasteiger partial charge in [0.1, 0.15) is 23.5 Å². The fourth-order valence-corrected chi connectivity index (χ4v) is 2.80. The smallest absolute Gasteiger partial charge is 0.336 e. The van der Waals surface area contributed by atoms with Crippen LogP contribution >= 0.6 is 0 Å². The van der Waals surface area contributed by atoms with Gasteiger partial charge >= 0.3 is 11.3 Å². The first-order valence-electron chi connectivity index (χ1n) is 7.90. The molecule has 0 atom stereocenters. The van der Waals surface area contributed by atoms with Crippen molar-refractivity contribution in [3.8, 4) is 5.75 Å². The Labute approximate surface area is 145 Å². The van der Waals surface area contributed by atoms with Crippen LogP contribution in [0.3, 0.4) is 0 Å². The van der Waals surface area contributed by atoms with E-state index in [1.165, 1.54) is 23.1 Å². The van der Waals surface area contributed by atoms with Crippen molar-refractivity contribution in [1.29, 1.82) is 0 Å². The highest BCUT2D eigenvalue weighted by molar-refractivity contribution is 6.01. The molecule has 1 aromatic carbocycles. The summed E-state index contributed by atoms with van der Waals surface area (Å²) in [7, 11) is 0. The zero-order chi connectivity index (χ0) is 18.3. The van der Waals surface area contributed by atoms with Gasteiger partial charge in [-0.1, -0.05) is 0 Å². The highest BCUT2D eigenvalue weighted by atomic mass is 16.5. The van der Waals surface area contributed by atoms with Gasteiger partial charge in [-0.25, -0.2) is 9.59 Å². The first kappa shape index (κ1) is 15.9. The fraction of sp³-hybridized carbons (Fsp3) is 0.167. The molecule has 0 fully saturated rings. The Morgan fingerprint density at radius 3 is 2.77 bits per heavy atom. The van der Waals surface area contributed by atoms with E-state index in [-0.39, 0.29) is 13.2 Å².